The lowest BCUT2D eigenvalue weighted by molar-refractivity contribution is -0.139. The standard InChI is InChI=1S/C28H30FN3O4S/c1-17(2)37(35,36)22-5-3-4-20(12-22)21-8-9-23(24(29)13-21)25-30-28(10-11-28)27(34)32(25)16-18-14-31(15-18)26(33)19-6-7-19/h3-5,8-9,12-13,17-19H,6-7,10-11,14-16H2,1-2H3. The smallest absolute Gasteiger partial charge is 0.256 e. The Balaban J connectivity index is 1.24. The number of hydrogen-bond donors (Lipinski definition) is 0. The second-order valence-corrected chi connectivity index (χ2v) is 13.6. The van der Waals surface area contributed by atoms with Crippen molar-refractivity contribution in [2.24, 2.45) is 16.8 Å². The molecule has 2 aromatic rings. The summed E-state index contributed by atoms with van der Waals surface area (Å²) in [6.07, 6.45) is 3.27. The van der Waals surface area contributed by atoms with E-state index in [4.69, 9.17) is 4.99 Å². The Morgan fingerprint density at radius 1 is 1.11 bits per heavy atom. The number of halogens is 1. The minimum atomic E-state index is -3.46. The van der Waals surface area contributed by atoms with Gasteiger partial charge in [-0.1, -0.05) is 18.2 Å². The molecule has 3 fully saturated rings. The lowest BCUT2D eigenvalue weighted by atomic mass is 9.97. The van der Waals surface area contributed by atoms with Gasteiger partial charge in [-0.3, -0.25) is 19.5 Å². The second kappa shape index (κ2) is 8.48. The zero-order valence-corrected chi connectivity index (χ0v) is 21.8. The highest BCUT2D eigenvalue weighted by atomic mass is 32.2. The number of sulfone groups is 1. The molecule has 0 radical (unpaired) electrons. The quantitative estimate of drug-likeness (QED) is 0.554. The molecule has 1 saturated heterocycles. The van der Waals surface area contributed by atoms with Gasteiger partial charge in [-0.2, -0.15) is 0 Å². The minimum Gasteiger partial charge on any atom is -0.342 e. The molecule has 2 aromatic carbocycles. The van der Waals surface area contributed by atoms with Crippen LogP contribution in [-0.4, -0.2) is 66.3 Å². The van der Waals surface area contributed by atoms with Crippen molar-refractivity contribution in [3.05, 3.63) is 53.8 Å². The van der Waals surface area contributed by atoms with Crippen LogP contribution in [-0.2, 0) is 19.4 Å². The summed E-state index contributed by atoms with van der Waals surface area (Å²) in [5, 5.41) is -0.560. The van der Waals surface area contributed by atoms with E-state index in [0.717, 1.165) is 12.8 Å². The number of amidine groups is 1. The van der Waals surface area contributed by atoms with E-state index in [0.29, 0.717) is 49.4 Å². The number of likely N-dealkylation sites (tertiary alicyclic amines) is 1. The number of amides is 2. The molecule has 4 aliphatic rings. The maximum Gasteiger partial charge on any atom is 0.256 e. The number of benzene rings is 2. The van der Waals surface area contributed by atoms with Crippen LogP contribution in [0.5, 0.6) is 0 Å². The largest absolute Gasteiger partial charge is 0.342 e. The van der Waals surface area contributed by atoms with Crippen molar-refractivity contribution in [1.29, 1.82) is 0 Å². The predicted molar refractivity (Wildman–Crippen MR) is 137 cm³/mol. The van der Waals surface area contributed by atoms with Gasteiger partial charge in [0.2, 0.25) is 5.91 Å². The average Bonchev–Trinajstić information content (AvgIpc) is 3.76. The van der Waals surface area contributed by atoms with Crippen molar-refractivity contribution >= 4 is 27.5 Å². The first kappa shape index (κ1) is 24.3. The van der Waals surface area contributed by atoms with Gasteiger partial charge in [-0.15, -0.1) is 0 Å². The summed E-state index contributed by atoms with van der Waals surface area (Å²) in [7, 11) is -3.46. The van der Waals surface area contributed by atoms with Crippen LogP contribution in [0.1, 0.15) is 45.1 Å². The third-order valence-corrected chi connectivity index (χ3v) is 10.1. The maximum absolute atomic E-state index is 15.5. The Labute approximate surface area is 216 Å². The Kier molecular flexibility index (Phi) is 5.56. The number of hydrogen-bond acceptors (Lipinski definition) is 5. The molecule has 2 aliphatic heterocycles. The fourth-order valence-electron chi connectivity index (χ4n) is 5.19. The van der Waals surface area contributed by atoms with E-state index in [1.54, 1.807) is 55.1 Å². The van der Waals surface area contributed by atoms with Gasteiger partial charge in [0, 0.05) is 31.5 Å². The third kappa shape index (κ3) is 4.17. The number of rotatable bonds is 7. The van der Waals surface area contributed by atoms with Gasteiger partial charge in [0.05, 0.1) is 15.7 Å². The molecule has 9 heteroatoms. The monoisotopic (exact) mass is 523 g/mol. The van der Waals surface area contributed by atoms with Gasteiger partial charge in [0.25, 0.3) is 5.91 Å². The first-order valence-corrected chi connectivity index (χ1v) is 14.5. The van der Waals surface area contributed by atoms with Crippen molar-refractivity contribution in [1.82, 2.24) is 9.80 Å². The Morgan fingerprint density at radius 2 is 1.81 bits per heavy atom. The number of carbonyl (C=O) groups is 2. The molecule has 0 unspecified atom stereocenters. The molecule has 2 amide bonds. The van der Waals surface area contributed by atoms with E-state index in [2.05, 4.69) is 0 Å². The Hall–Kier alpha value is -3.07. The first-order valence-electron chi connectivity index (χ1n) is 12.9. The van der Waals surface area contributed by atoms with Crippen molar-refractivity contribution in [2.45, 2.75) is 55.2 Å². The Morgan fingerprint density at radius 3 is 2.43 bits per heavy atom. The van der Waals surface area contributed by atoms with Crippen LogP contribution < -0.4 is 0 Å². The minimum absolute atomic E-state index is 0.0791. The maximum atomic E-state index is 15.5. The molecule has 0 bridgehead atoms. The summed E-state index contributed by atoms with van der Waals surface area (Å²) in [5.41, 5.74) is 0.653. The number of aliphatic imine (C=N–C) groups is 1. The number of carbonyl (C=O) groups excluding carboxylic acids is 2. The van der Waals surface area contributed by atoms with Crippen LogP contribution in [0, 0.1) is 17.7 Å². The third-order valence-electron chi connectivity index (χ3n) is 7.91. The molecule has 194 valence electrons. The van der Waals surface area contributed by atoms with Gasteiger partial charge < -0.3 is 4.90 Å². The molecule has 0 N–H and O–H groups in total. The highest BCUT2D eigenvalue weighted by Crippen LogP contribution is 2.46. The summed E-state index contributed by atoms with van der Waals surface area (Å²) in [6.45, 7) is 4.92. The van der Waals surface area contributed by atoms with Crippen LogP contribution in [0.25, 0.3) is 11.1 Å². The van der Waals surface area contributed by atoms with Crippen LogP contribution in [0.15, 0.2) is 52.4 Å². The lowest BCUT2D eigenvalue weighted by Crippen LogP contribution is -2.55. The summed E-state index contributed by atoms with van der Waals surface area (Å²) >= 11 is 0. The summed E-state index contributed by atoms with van der Waals surface area (Å²) in [6, 6.07) is 11.3. The molecule has 0 atom stereocenters. The first-order chi connectivity index (χ1) is 17.6. The van der Waals surface area contributed by atoms with E-state index in [1.807, 2.05) is 4.90 Å². The van der Waals surface area contributed by atoms with Gasteiger partial charge in [0.1, 0.15) is 17.2 Å². The molecule has 6 rings (SSSR count). The van der Waals surface area contributed by atoms with Gasteiger partial charge >= 0.3 is 0 Å². The average molecular weight is 524 g/mol. The van der Waals surface area contributed by atoms with E-state index >= 15 is 4.39 Å². The topological polar surface area (TPSA) is 87.1 Å². The molecule has 2 saturated carbocycles. The lowest BCUT2D eigenvalue weighted by Gasteiger charge is -2.41. The molecule has 2 aliphatic carbocycles. The number of nitrogens with zero attached hydrogens (tertiary/aromatic N) is 3. The fourth-order valence-corrected chi connectivity index (χ4v) is 6.29. The van der Waals surface area contributed by atoms with Crippen molar-refractivity contribution in [3.8, 4) is 11.1 Å². The van der Waals surface area contributed by atoms with E-state index in [1.165, 1.54) is 6.07 Å². The van der Waals surface area contributed by atoms with E-state index in [9.17, 15) is 18.0 Å². The highest BCUT2D eigenvalue weighted by molar-refractivity contribution is 7.92. The van der Waals surface area contributed by atoms with E-state index < -0.39 is 26.4 Å². The summed E-state index contributed by atoms with van der Waals surface area (Å²) < 4.78 is 40.7. The predicted octanol–water partition coefficient (Wildman–Crippen LogP) is 3.66. The molecule has 2 heterocycles. The van der Waals surface area contributed by atoms with Crippen molar-refractivity contribution in [2.75, 3.05) is 19.6 Å². The zero-order chi connectivity index (χ0) is 26.1. The SMILES string of the molecule is CC(C)S(=O)(=O)c1cccc(-c2ccc(C3=NC4(CC4)C(=O)N3CC3CN(C(=O)C4CC4)C3)c(F)c2)c1. The van der Waals surface area contributed by atoms with Crippen LogP contribution in [0.3, 0.4) is 0 Å². The van der Waals surface area contributed by atoms with Gasteiger partial charge in [-0.25, -0.2) is 12.8 Å². The summed E-state index contributed by atoms with van der Waals surface area (Å²) in [4.78, 5) is 33.9. The molecular weight excluding hydrogens is 493 g/mol. The van der Waals surface area contributed by atoms with Crippen molar-refractivity contribution in [3.63, 3.8) is 0 Å². The Bertz CT molecular complexity index is 1440. The van der Waals surface area contributed by atoms with Crippen LogP contribution in [0.4, 0.5) is 4.39 Å². The highest BCUT2D eigenvalue weighted by Gasteiger charge is 2.58. The molecule has 0 aromatic heterocycles. The van der Waals surface area contributed by atoms with Gasteiger partial charge in [0.15, 0.2) is 9.84 Å². The van der Waals surface area contributed by atoms with Crippen LogP contribution >= 0.6 is 0 Å². The summed E-state index contributed by atoms with van der Waals surface area (Å²) in [5.74, 6) is 0.310. The molecule has 37 heavy (non-hydrogen) atoms. The van der Waals surface area contributed by atoms with Crippen molar-refractivity contribution < 1.29 is 22.4 Å². The molecule has 1 spiro atoms. The normalized spacial score (nSPS) is 21.0. The molecular formula is C28H30FN3O4S. The fraction of sp³-hybridized carbons (Fsp3) is 0.464. The van der Waals surface area contributed by atoms with Crippen LogP contribution in [0.2, 0.25) is 0 Å². The zero-order valence-electron chi connectivity index (χ0n) is 21.0. The second-order valence-electron chi connectivity index (χ2n) is 11.1. The van der Waals surface area contributed by atoms with E-state index in [-0.39, 0.29) is 34.1 Å². The van der Waals surface area contributed by atoms with Gasteiger partial charge in [-0.05, 0) is 74.9 Å². The molecule has 7 nitrogen and oxygen atoms in total.